The van der Waals surface area contributed by atoms with Crippen LogP contribution >= 0.6 is 0 Å². The molecule has 2 heteroatoms. The van der Waals surface area contributed by atoms with E-state index in [-0.39, 0.29) is 11.1 Å². The van der Waals surface area contributed by atoms with Crippen molar-refractivity contribution < 1.29 is 0 Å². The summed E-state index contributed by atoms with van der Waals surface area (Å²) in [6.45, 7) is 10.2. The van der Waals surface area contributed by atoms with E-state index < -0.39 is 0 Å². The van der Waals surface area contributed by atoms with Crippen molar-refractivity contribution in [2.75, 3.05) is 13.6 Å². The van der Waals surface area contributed by atoms with Crippen LogP contribution in [0.1, 0.15) is 66.2 Å². The number of nitrogens with zero attached hydrogens (tertiary/aromatic N) is 1. The summed E-state index contributed by atoms with van der Waals surface area (Å²) in [6.07, 6.45) is 7.77. The van der Waals surface area contributed by atoms with Gasteiger partial charge in [0, 0.05) is 17.6 Å². The molecule has 17 heavy (non-hydrogen) atoms. The molecule has 1 aliphatic carbocycles. The van der Waals surface area contributed by atoms with Gasteiger partial charge in [0.2, 0.25) is 0 Å². The Bertz CT molecular complexity index is 237. The second-order valence-electron chi connectivity index (χ2n) is 6.69. The molecular weight excluding hydrogens is 208 g/mol. The summed E-state index contributed by atoms with van der Waals surface area (Å²) in [5.74, 6) is 0.876. The fraction of sp³-hybridized carbons (Fsp3) is 1.00. The summed E-state index contributed by atoms with van der Waals surface area (Å²) in [5, 5.41) is 0. The summed E-state index contributed by atoms with van der Waals surface area (Å²) >= 11 is 0. The molecule has 0 amide bonds. The molecular formula is C15H32N2. The van der Waals surface area contributed by atoms with Gasteiger partial charge in [0.25, 0.3) is 0 Å². The molecule has 2 unspecified atom stereocenters. The van der Waals surface area contributed by atoms with Crippen LogP contribution in [0.15, 0.2) is 0 Å². The third-order valence-corrected chi connectivity index (χ3v) is 5.31. The molecule has 102 valence electrons. The zero-order valence-corrected chi connectivity index (χ0v) is 12.6. The Morgan fingerprint density at radius 2 is 1.94 bits per heavy atom. The van der Waals surface area contributed by atoms with E-state index >= 15 is 0 Å². The lowest BCUT2D eigenvalue weighted by Gasteiger charge is -2.49. The molecule has 1 saturated carbocycles. The first kappa shape index (κ1) is 15.0. The Labute approximate surface area is 108 Å². The lowest BCUT2D eigenvalue weighted by atomic mass is 9.83. The number of likely N-dealkylation sites (N-methyl/N-ethyl adjacent to an activating group) is 1. The molecule has 0 bridgehead atoms. The van der Waals surface area contributed by atoms with Crippen LogP contribution in [0.2, 0.25) is 0 Å². The predicted molar refractivity (Wildman–Crippen MR) is 76.2 cm³/mol. The van der Waals surface area contributed by atoms with Crippen LogP contribution in [-0.2, 0) is 0 Å². The molecule has 0 saturated heterocycles. The van der Waals surface area contributed by atoms with Gasteiger partial charge in [0.1, 0.15) is 0 Å². The van der Waals surface area contributed by atoms with Gasteiger partial charge in [-0.15, -0.1) is 0 Å². The van der Waals surface area contributed by atoms with Crippen LogP contribution < -0.4 is 5.73 Å². The molecule has 2 nitrogen and oxygen atoms in total. The average molecular weight is 240 g/mol. The van der Waals surface area contributed by atoms with Gasteiger partial charge >= 0.3 is 0 Å². The molecule has 1 fully saturated rings. The number of nitrogens with two attached hydrogens (primary N) is 1. The number of hydrogen-bond acceptors (Lipinski definition) is 2. The maximum atomic E-state index is 6.16. The molecule has 0 aromatic rings. The fourth-order valence-corrected chi connectivity index (χ4v) is 3.12. The van der Waals surface area contributed by atoms with Gasteiger partial charge < -0.3 is 5.73 Å². The van der Waals surface area contributed by atoms with E-state index in [9.17, 15) is 0 Å². The van der Waals surface area contributed by atoms with Crippen LogP contribution in [0, 0.1) is 5.92 Å². The fourth-order valence-electron chi connectivity index (χ4n) is 3.12. The summed E-state index contributed by atoms with van der Waals surface area (Å²) in [4.78, 5) is 2.58. The maximum Gasteiger partial charge on any atom is 0.0334 e. The van der Waals surface area contributed by atoms with E-state index in [0.717, 1.165) is 12.5 Å². The van der Waals surface area contributed by atoms with Crippen molar-refractivity contribution >= 4 is 0 Å². The highest BCUT2D eigenvalue weighted by molar-refractivity contribution is 4.98. The topological polar surface area (TPSA) is 29.3 Å². The van der Waals surface area contributed by atoms with Crippen molar-refractivity contribution in [3.05, 3.63) is 0 Å². The molecule has 0 heterocycles. The van der Waals surface area contributed by atoms with Crippen molar-refractivity contribution in [2.45, 2.75) is 77.3 Å². The van der Waals surface area contributed by atoms with Crippen molar-refractivity contribution in [2.24, 2.45) is 11.7 Å². The number of hydrogen-bond donors (Lipinski definition) is 1. The Morgan fingerprint density at radius 1 is 1.29 bits per heavy atom. The Hall–Kier alpha value is -0.0800. The minimum atomic E-state index is 0.240. The van der Waals surface area contributed by atoms with Crippen LogP contribution in [-0.4, -0.2) is 29.6 Å². The van der Waals surface area contributed by atoms with Crippen molar-refractivity contribution in [3.63, 3.8) is 0 Å². The van der Waals surface area contributed by atoms with Crippen LogP contribution in [0.3, 0.4) is 0 Å². The highest BCUT2D eigenvalue weighted by atomic mass is 15.2. The first-order chi connectivity index (χ1) is 7.88. The zero-order valence-electron chi connectivity index (χ0n) is 12.6. The van der Waals surface area contributed by atoms with Crippen molar-refractivity contribution in [1.82, 2.24) is 4.90 Å². The minimum absolute atomic E-state index is 0.240. The van der Waals surface area contributed by atoms with E-state index in [1.165, 1.54) is 38.5 Å². The lowest BCUT2D eigenvalue weighted by Crippen LogP contribution is -2.59. The van der Waals surface area contributed by atoms with Gasteiger partial charge in [0.05, 0.1) is 0 Å². The third-order valence-electron chi connectivity index (χ3n) is 5.31. The van der Waals surface area contributed by atoms with Gasteiger partial charge in [0.15, 0.2) is 0 Å². The second kappa shape index (κ2) is 5.71. The van der Waals surface area contributed by atoms with E-state index in [4.69, 9.17) is 5.73 Å². The van der Waals surface area contributed by atoms with Crippen LogP contribution in [0.25, 0.3) is 0 Å². The predicted octanol–water partition coefficient (Wildman–Crippen LogP) is 3.40. The van der Waals surface area contributed by atoms with Crippen molar-refractivity contribution in [1.29, 1.82) is 0 Å². The Kier molecular flexibility index (Phi) is 5.03. The molecule has 2 N–H and O–H groups in total. The SMILES string of the molecule is CCC(C)(C)N(C)C1(CN)CCCC(C)CC1. The highest BCUT2D eigenvalue weighted by Crippen LogP contribution is 2.37. The largest absolute Gasteiger partial charge is 0.329 e. The quantitative estimate of drug-likeness (QED) is 0.763. The van der Waals surface area contributed by atoms with Crippen LogP contribution in [0.4, 0.5) is 0 Å². The normalized spacial score (nSPS) is 31.6. The summed E-state index contributed by atoms with van der Waals surface area (Å²) in [5.41, 5.74) is 6.66. The standard InChI is InChI=1S/C15H32N2/c1-6-14(3,4)17(5)15(12-16)10-7-8-13(2)9-11-15/h13H,6-12,16H2,1-5H3. The molecule has 0 aromatic carbocycles. The molecule has 0 radical (unpaired) electrons. The van der Waals surface area contributed by atoms with E-state index in [0.29, 0.717) is 0 Å². The summed E-state index contributed by atoms with van der Waals surface area (Å²) in [7, 11) is 2.28. The van der Waals surface area contributed by atoms with Crippen molar-refractivity contribution in [3.8, 4) is 0 Å². The minimum Gasteiger partial charge on any atom is -0.329 e. The molecule has 1 rings (SSSR count). The molecule has 2 atom stereocenters. The first-order valence-corrected chi connectivity index (χ1v) is 7.32. The van der Waals surface area contributed by atoms with E-state index in [1.54, 1.807) is 0 Å². The third kappa shape index (κ3) is 3.23. The van der Waals surface area contributed by atoms with Gasteiger partial charge in [-0.2, -0.15) is 0 Å². The summed E-state index contributed by atoms with van der Waals surface area (Å²) in [6, 6.07) is 0. The second-order valence-corrected chi connectivity index (χ2v) is 6.69. The zero-order chi connectivity index (χ0) is 13.1. The summed E-state index contributed by atoms with van der Waals surface area (Å²) < 4.78 is 0. The number of rotatable bonds is 4. The van der Waals surface area contributed by atoms with Gasteiger partial charge in [-0.05, 0) is 52.5 Å². The smallest absolute Gasteiger partial charge is 0.0334 e. The van der Waals surface area contributed by atoms with Gasteiger partial charge in [-0.3, -0.25) is 4.90 Å². The average Bonchev–Trinajstić information content (AvgIpc) is 2.51. The maximum absolute atomic E-state index is 6.16. The Balaban J connectivity index is 2.87. The van der Waals surface area contributed by atoms with E-state index in [2.05, 4.69) is 39.6 Å². The molecule has 0 aromatic heterocycles. The van der Waals surface area contributed by atoms with Gasteiger partial charge in [-0.25, -0.2) is 0 Å². The molecule has 0 aliphatic heterocycles. The van der Waals surface area contributed by atoms with E-state index in [1.807, 2.05) is 0 Å². The Morgan fingerprint density at radius 3 is 2.47 bits per heavy atom. The lowest BCUT2D eigenvalue weighted by molar-refractivity contribution is 0.0124. The monoisotopic (exact) mass is 240 g/mol. The molecule has 0 spiro atoms. The van der Waals surface area contributed by atoms with Gasteiger partial charge in [-0.1, -0.05) is 26.7 Å². The first-order valence-electron chi connectivity index (χ1n) is 7.32. The highest BCUT2D eigenvalue weighted by Gasteiger charge is 2.40. The van der Waals surface area contributed by atoms with Crippen LogP contribution in [0.5, 0.6) is 0 Å². The molecule has 1 aliphatic rings.